The predicted molar refractivity (Wildman–Crippen MR) is 76.5 cm³/mol. The molecule has 0 saturated heterocycles. The van der Waals surface area contributed by atoms with Gasteiger partial charge in [-0.2, -0.15) is 5.10 Å². The number of furan rings is 1. The number of ether oxygens (including phenoxy) is 1. The van der Waals surface area contributed by atoms with Gasteiger partial charge in [-0.25, -0.2) is 4.79 Å². The fourth-order valence-electron chi connectivity index (χ4n) is 2.16. The smallest absolute Gasteiger partial charge is 0.373 e. The standard InChI is InChI=1S/C14H16N4O3/c1-20-14(19)12-5-4-11(21-12)9-18-8-10(7-16-18)17-13-3-2-6-15-13/h4-5,7-8H,2-3,6,9H2,1H3,(H,15,17). The summed E-state index contributed by atoms with van der Waals surface area (Å²) in [6, 6.07) is 3.33. The fraction of sp³-hybridized carbons (Fsp3) is 0.357. The van der Waals surface area contributed by atoms with Crippen LogP contribution in [0.5, 0.6) is 0 Å². The van der Waals surface area contributed by atoms with Gasteiger partial charge in [0.05, 0.1) is 25.5 Å². The van der Waals surface area contributed by atoms with E-state index >= 15 is 0 Å². The summed E-state index contributed by atoms with van der Waals surface area (Å²) in [7, 11) is 1.32. The second-order valence-electron chi connectivity index (χ2n) is 4.74. The largest absolute Gasteiger partial charge is 0.463 e. The first kappa shape index (κ1) is 13.4. The van der Waals surface area contributed by atoms with Crippen LogP contribution in [0.2, 0.25) is 0 Å². The Hall–Kier alpha value is -2.57. The highest BCUT2D eigenvalue weighted by Crippen LogP contribution is 2.13. The lowest BCUT2D eigenvalue weighted by Crippen LogP contribution is -2.07. The van der Waals surface area contributed by atoms with E-state index in [-0.39, 0.29) is 5.76 Å². The van der Waals surface area contributed by atoms with Crippen LogP contribution in [-0.4, -0.2) is 35.2 Å². The molecule has 0 atom stereocenters. The number of hydrogen-bond donors (Lipinski definition) is 1. The van der Waals surface area contributed by atoms with E-state index < -0.39 is 5.97 Å². The number of nitrogens with zero attached hydrogens (tertiary/aromatic N) is 3. The average molecular weight is 288 g/mol. The molecule has 0 spiro atoms. The SMILES string of the molecule is COC(=O)c1ccc(Cn2cc(NC3=NCCC3)cn2)o1. The summed E-state index contributed by atoms with van der Waals surface area (Å²) in [6.07, 6.45) is 5.69. The van der Waals surface area contributed by atoms with Crippen LogP contribution in [0, 0.1) is 0 Å². The number of amidine groups is 1. The monoisotopic (exact) mass is 288 g/mol. The molecular formula is C14H16N4O3. The molecule has 1 aliphatic heterocycles. The Kier molecular flexibility index (Phi) is 3.72. The molecule has 2 aromatic heterocycles. The van der Waals surface area contributed by atoms with Gasteiger partial charge in [0, 0.05) is 19.2 Å². The Morgan fingerprint density at radius 3 is 3.19 bits per heavy atom. The summed E-state index contributed by atoms with van der Waals surface area (Å²) in [5, 5.41) is 7.49. The van der Waals surface area contributed by atoms with Crippen molar-refractivity contribution in [1.82, 2.24) is 9.78 Å². The van der Waals surface area contributed by atoms with Gasteiger partial charge >= 0.3 is 5.97 Å². The van der Waals surface area contributed by atoms with Crippen LogP contribution < -0.4 is 5.32 Å². The van der Waals surface area contributed by atoms with Gasteiger partial charge in [-0.3, -0.25) is 9.67 Å². The molecule has 0 fully saturated rings. The number of aliphatic imine (C=N–C) groups is 1. The number of esters is 1. The van der Waals surface area contributed by atoms with E-state index in [2.05, 4.69) is 20.1 Å². The van der Waals surface area contributed by atoms with Gasteiger partial charge in [-0.1, -0.05) is 0 Å². The number of methoxy groups -OCH3 is 1. The van der Waals surface area contributed by atoms with Gasteiger partial charge in [0.15, 0.2) is 0 Å². The quantitative estimate of drug-likeness (QED) is 0.869. The Bertz CT molecular complexity index is 671. The molecule has 0 saturated carbocycles. The third-order valence-corrected chi connectivity index (χ3v) is 3.16. The number of carbonyl (C=O) groups is 1. The van der Waals surface area contributed by atoms with Gasteiger partial charge in [0.2, 0.25) is 5.76 Å². The van der Waals surface area contributed by atoms with Crippen LogP contribution in [0.3, 0.4) is 0 Å². The second kappa shape index (κ2) is 5.82. The highest BCUT2D eigenvalue weighted by molar-refractivity contribution is 5.96. The fourth-order valence-corrected chi connectivity index (χ4v) is 2.16. The third kappa shape index (κ3) is 3.13. The topological polar surface area (TPSA) is 81.6 Å². The summed E-state index contributed by atoms with van der Waals surface area (Å²) >= 11 is 0. The Morgan fingerprint density at radius 2 is 2.43 bits per heavy atom. The number of hydrogen-bond acceptors (Lipinski definition) is 6. The first-order valence-corrected chi connectivity index (χ1v) is 6.74. The minimum atomic E-state index is -0.483. The number of carbonyl (C=O) groups excluding carboxylic acids is 1. The lowest BCUT2D eigenvalue weighted by atomic mass is 10.3. The van der Waals surface area contributed by atoms with Crippen molar-refractivity contribution in [2.45, 2.75) is 19.4 Å². The predicted octanol–water partition coefficient (Wildman–Crippen LogP) is 1.92. The number of aromatic nitrogens is 2. The summed E-state index contributed by atoms with van der Waals surface area (Å²) < 4.78 is 11.7. The van der Waals surface area contributed by atoms with Crippen LogP contribution in [-0.2, 0) is 11.3 Å². The summed E-state index contributed by atoms with van der Waals surface area (Å²) in [5.74, 6) is 1.35. The molecule has 21 heavy (non-hydrogen) atoms. The molecule has 2 aromatic rings. The van der Waals surface area contributed by atoms with Gasteiger partial charge in [-0.15, -0.1) is 0 Å². The van der Waals surface area contributed by atoms with E-state index in [1.807, 2.05) is 6.20 Å². The van der Waals surface area contributed by atoms with Crippen LogP contribution in [0.1, 0.15) is 29.2 Å². The van der Waals surface area contributed by atoms with E-state index in [1.54, 1.807) is 23.0 Å². The Labute approximate surface area is 121 Å². The average Bonchev–Trinajstić information content (AvgIpc) is 3.21. The van der Waals surface area contributed by atoms with E-state index in [9.17, 15) is 4.79 Å². The Balaban J connectivity index is 1.64. The lowest BCUT2D eigenvalue weighted by molar-refractivity contribution is 0.0563. The van der Waals surface area contributed by atoms with E-state index in [4.69, 9.17) is 4.42 Å². The zero-order valence-corrected chi connectivity index (χ0v) is 11.7. The molecule has 0 unspecified atom stereocenters. The van der Waals surface area contributed by atoms with Crippen molar-refractivity contribution >= 4 is 17.5 Å². The van der Waals surface area contributed by atoms with Gasteiger partial charge in [-0.05, 0) is 18.6 Å². The molecule has 3 heterocycles. The van der Waals surface area contributed by atoms with Crippen molar-refractivity contribution in [3.05, 3.63) is 36.0 Å². The van der Waals surface area contributed by atoms with Crippen LogP contribution >= 0.6 is 0 Å². The zero-order chi connectivity index (χ0) is 14.7. The molecule has 1 N–H and O–H groups in total. The molecule has 1 aliphatic rings. The van der Waals surface area contributed by atoms with Gasteiger partial charge in [0.25, 0.3) is 0 Å². The normalized spacial score (nSPS) is 14.0. The molecule has 0 aromatic carbocycles. The van der Waals surface area contributed by atoms with Crippen molar-refractivity contribution in [2.75, 3.05) is 19.0 Å². The van der Waals surface area contributed by atoms with Gasteiger partial charge < -0.3 is 14.5 Å². The van der Waals surface area contributed by atoms with Crippen LogP contribution in [0.4, 0.5) is 5.69 Å². The summed E-state index contributed by atoms with van der Waals surface area (Å²) in [4.78, 5) is 15.7. The van der Waals surface area contributed by atoms with Crippen molar-refractivity contribution in [2.24, 2.45) is 4.99 Å². The maximum atomic E-state index is 11.3. The molecule has 7 heteroatoms. The maximum absolute atomic E-state index is 11.3. The van der Waals surface area contributed by atoms with E-state index in [0.29, 0.717) is 12.3 Å². The highest BCUT2D eigenvalue weighted by atomic mass is 16.5. The third-order valence-electron chi connectivity index (χ3n) is 3.16. The molecule has 0 bridgehead atoms. The minimum Gasteiger partial charge on any atom is -0.463 e. The molecule has 110 valence electrons. The second-order valence-corrected chi connectivity index (χ2v) is 4.74. The highest BCUT2D eigenvalue weighted by Gasteiger charge is 2.12. The van der Waals surface area contributed by atoms with Crippen molar-refractivity contribution in [3.63, 3.8) is 0 Å². The maximum Gasteiger partial charge on any atom is 0.373 e. The molecule has 3 rings (SSSR count). The minimum absolute atomic E-state index is 0.193. The first-order chi connectivity index (χ1) is 10.2. The molecule has 7 nitrogen and oxygen atoms in total. The molecule has 0 amide bonds. The number of nitrogens with one attached hydrogen (secondary N) is 1. The summed E-state index contributed by atoms with van der Waals surface area (Å²) in [5.41, 5.74) is 0.899. The zero-order valence-electron chi connectivity index (χ0n) is 11.7. The Morgan fingerprint density at radius 1 is 1.52 bits per heavy atom. The van der Waals surface area contributed by atoms with E-state index in [0.717, 1.165) is 30.9 Å². The van der Waals surface area contributed by atoms with Crippen molar-refractivity contribution in [3.8, 4) is 0 Å². The first-order valence-electron chi connectivity index (χ1n) is 6.74. The number of anilines is 1. The van der Waals surface area contributed by atoms with Crippen LogP contribution in [0.25, 0.3) is 0 Å². The molecular weight excluding hydrogens is 272 g/mol. The van der Waals surface area contributed by atoms with Crippen LogP contribution in [0.15, 0.2) is 33.9 Å². The summed E-state index contributed by atoms with van der Waals surface area (Å²) in [6.45, 7) is 1.34. The van der Waals surface area contributed by atoms with Crippen molar-refractivity contribution < 1.29 is 13.9 Å². The lowest BCUT2D eigenvalue weighted by Gasteiger charge is -2.01. The van der Waals surface area contributed by atoms with Gasteiger partial charge in [0.1, 0.15) is 11.6 Å². The van der Waals surface area contributed by atoms with Crippen molar-refractivity contribution in [1.29, 1.82) is 0 Å². The van der Waals surface area contributed by atoms with E-state index in [1.165, 1.54) is 7.11 Å². The molecule has 0 radical (unpaired) electrons. The number of rotatable bonds is 4. The molecule has 0 aliphatic carbocycles.